The number of nitrogens with zero attached hydrogens (tertiary/aromatic N) is 2. The monoisotopic (exact) mass is 880 g/mol. The maximum Gasteiger partial charge on any atom is 0.0541 e. The van der Waals surface area contributed by atoms with Gasteiger partial charge in [0.1, 0.15) is 0 Å². The first kappa shape index (κ1) is 40.5. The molecule has 69 heavy (non-hydrogen) atoms. The Morgan fingerprint density at radius 1 is 0.333 bits per heavy atom. The van der Waals surface area contributed by atoms with E-state index in [0.717, 1.165) is 33.9 Å². The topological polar surface area (TPSA) is 8.17 Å². The van der Waals surface area contributed by atoms with Crippen molar-refractivity contribution in [2.24, 2.45) is 0 Å². The predicted molar refractivity (Wildman–Crippen MR) is 292 cm³/mol. The molecular weight excluding hydrogens is 833 g/mol. The average molecular weight is 881 g/mol. The smallest absolute Gasteiger partial charge is 0.0541 e. The van der Waals surface area contributed by atoms with E-state index < -0.39 is 0 Å². The molecule has 13 rings (SSSR count). The normalized spacial score (nSPS) is 12.6. The fourth-order valence-electron chi connectivity index (χ4n) is 11.3. The van der Waals surface area contributed by atoms with Crippen LogP contribution in [0.5, 0.6) is 0 Å². The largest absolute Gasteiger partial charge is 0.309 e. The molecule has 0 spiro atoms. The summed E-state index contributed by atoms with van der Waals surface area (Å²) in [7, 11) is 0. The van der Waals surface area contributed by atoms with Crippen molar-refractivity contribution >= 4 is 49.6 Å². The van der Waals surface area contributed by atoms with Crippen molar-refractivity contribution in [2.75, 3.05) is 4.90 Å². The van der Waals surface area contributed by atoms with Crippen LogP contribution in [0.4, 0.5) is 17.1 Å². The van der Waals surface area contributed by atoms with Gasteiger partial charge in [0, 0.05) is 38.7 Å². The zero-order valence-corrected chi connectivity index (χ0v) is 38.6. The van der Waals surface area contributed by atoms with E-state index in [1.54, 1.807) is 0 Å². The Kier molecular flexibility index (Phi) is 9.55. The summed E-state index contributed by atoms with van der Waals surface area (Å²) in [5.41, 5.74) is 21.6. The fraction of sp³-hybridized carbons (Fsp3) is 0.0448. The van der Waals surface area contributed by atoms with Gasteiger partial charge in [0.25, 0.3) is 0 Å². The molecule has 1 heterocycles. The second kappa shape index (κ2) is 16.3. The standard InChI is InChI=1S/C67H48N2/c1-67(2)60-34-13-9-29-54(60)55-40-38-49(44-61(55)67)52-28-10-14-35-62(52)69(63-36-15-11-30-56(63)58-33-19-23-46-22-18-32-53(66(46)58)45-20-5-3-6-21-45)51-27-17-24-47(42-51)48-39-41-65-59(43-48)57-31-12-16-37-64(57)68(65)50-25-7-4-8-26-50/h3-44H,1-2H3. The van der Waals surface area contributed by atoms with Gasteiger partial charge in [-0.2, -0.15) is 0 Å². The van der Waals surface area contributed by atoms with Crippen LogP contribution in [0.15, 0.2) is 255 Å². The fourth-order valence-corrected chi connectivity index (χ4v) is 11.3. The zero-order valence-electron chi connectivity index (χ0n) is 38.6. The third kappa shape index (κ3) is 6.63. The van der Waals surface area contributed by atoms with Crippen molar-refractivity contribution in [1.82, 2.24) is 4.57 Å². The third-order valence-electron chi connectivity index (χ3n) is 14.6. The predicted octanol–water partition coefficient (Wildman–Crippen LogP) is 18.4. The molecule has 1 aliphatic carbocycles. The molecule has 0 radical (unpaired) electrons. The molecule has 1 aromatic heterocycles. The number of para-hydroxylation sites is 4. The highest BCUT2D eigenvalue weighted by Gasteiger charge is 2.35. The van der Waals surface area contributed by atoms with Gasteiger partial charge >= 0.3 is 0 Å². The summed E-state index contributed by atoms with van der Waals surface area (Å²) in [6.07, 6.45) is 0. The zero-order chi connectivity index (χ0) is 46.1. The highest BCUT2D eigenvalue weighted by atomic mass is 15.1. The highest BCUT2D eigenvalue weighted by Crippen LogP contribution is 2.52. The van der Waals surface area contributed by atoms with E-state index in [1.165, 1.54) is 88.2 Å². The van der Waals surface area contributed by atoms with E-state index in [4.69, 9.17) is 0 Å². The van der Waals surface area contributed by atoms with Gasteiger partial charge in [-0.05, 0) is 127 Å². The molecule has 12 aromatic rings. The number of hydrogen-bond acceptors (Lipinski definition) is 1. The van der Waals surface area contributed by atoms with E-state index in [0.29, 0.717) is 0 Å². The van der Waals surface area contributed by atoms with Gasteiger partial charge in [0.15, 0.2) is 0 Å². The number of aromatic nitrogens is 1. The van der Waals surface area contributed by atoms with Crippen molar-refractivity contribution in [3.63, 3.8) is 0 Å². The molecule has 0 atom stereocenters. The summed E-state index contributed by atoms with van der Waals surface area (Å²) in [5.74, 6) is 0. The van der Waals surface area contributed by atoms with Gasteiger partial charge < -0.3 is 9.47 Å². The summed E-state index contributed by atoms with van der Waals surface area (Å²) in [6, 6.07) is 93.8. The lowest BCUT2D eigenvalue weighted by atomic mass is 9.81. The second-order valence-corrected chi connectivity index (χ2v) is 18.8. The number of rotatable bonds is 8. The van der Waals surface area contributed by atoms with Crippen LogP contribution in [0, 0.1) is 0 Å². The molecule has 0 unspecified atom stereocenters. The van der Waals surface area contributed by atoms with E-state index in [1.807, 2.05) is 0 Å². The molecule has 0 fully saturated rings. The number of hydrogen-bond donors (Lipinski definition) is 0. The number of anilines is 3. The number of benzene rings is 11. The van der Waals surface area contributed by atoms with Gasteiger partial charge in [-0.1, -0.05) is 208 Å². The molecule has 0 amide bonds. The lowest BCUT2D eigenvalue weighted by Gasteiger charge is -2.31. The van der Waals surface area contributed by atoms with Crippen LogP contribution in [-0.4, -0.2) is 4.57 Å². The maximum atomic E-state index is 2.51. The lowest BCUT2D eigenvalue weighted by Crippen LogP contribution is -2.15. The minimum Gasteiger partial charge on any atom is -0.309 e. The average Bonchev–Trinajstić information content (AvgIpc) is 3.86. The number of fused-ring (bicyclic) bond motifs is 7. The SMILES string of the molecule is CC1(C)c2ccccc2-c2ccc(-c3ccccc3N(c3cccc(-c4ccc5c(c4)c4ccccc4n5-c4ccccc4)c3)c3ccccc3-c3cccc4cccc(-c5ccccc5)c34)cc21. The lowest BCUT2D eigenvalue weighted by molar-refractivity contribution is 0.660. The maximum absolute atomic E-state index is 2.51. The Balaban J connectivity index is 1.03. The van der Waals surface area contributed by atoms with E-state index >= 15 is 0 Å². The first-order chi connectivity index (χ1) is 34.0. The van der Waals surface area contributed by atoms with E-state index in [2.05, 4.69) is 278 Å². The van der Waals surface area contributed by atoms with Gasteiger partial charge in [0.05, 0.1) is 22.4 Å². The molecule has 1 aliphatic rings. The Hall–Kier alpha value is -8.72. The van der Waals surface area contributed by atoms with Crippen LogP contribution in [0.1, 0.15) is 25.0 Å². The Labute approximate surface area is 403 Å². The molecule has 0 bridgehead atoms. The first-order valence-electron chi connectivity index (χ1n) is 24.0. The summed E-state index contributed by atoms with van der Waals surface area (Å²) < 4.78 is 2.38. The summed E-state index contributed by atoms with van der Waals surface area (Å²) in [4.78, 5) is 2.51. The van der Waals surface area contributed by atoms with Crippen LogP contribution in [0.25, 0.3) is 93.9 Å². The second-order valence-electron chi connectivity index (χ2n) is 18.8. The van der Waals surface area contributed by atoms with Crippen LogP contribution in [0.3, 0.4) is 0 Å². The summed E-state index contributed by atoms with van der Waals surface area (Å²) >= 11 is 0. The molecule has 0 saturated carbocycles. The molecular formula is C67H48N2. The van der Waals surface area contributed by atoms with Crippen molar-refractivity contribution in [2.45, 2.75) is 19.3 Å². The van der Waals surface area contributed by atoms with Crippen LogP contribution < -0.4 is 4.90 Å². The van der Waals surface area contributed by atoms with Gasteiger partial charge in [-0.15, -0.1) is 0 Å². The summed E-state index contributed by atoms with van der Waals surface area (Å²) in [5, 5.41) is 4.92. The molecule has 0 aliphatic heterocycles. The van der Waals surface area contributed by atoms with Crippen molar-refractivity contribution < 1.29 is 0 Å². The molecule has 0 N–H and O–H groups in total. The van der Waals surface area contributed by atoms with E-state index in [-0.39, 0.29) is 5.41 Å². The molecule has 11 aromatic carbocycles. The van der Waals surface area contributed by atoms with E-state index in [9.17, 15) is 0 Å². The van der Waals surface area contributed by atoms with Crippen LogP contribution in [-0.2, 0) is 5.41 Å². The van der Waals surface area contributed by atoms with Crippen molar-refractivity contribution in [3.8, 4) is 61.3 Å². The van der Waals surface area contributed by atoms with Crippen LogP contribution in [0.2, 0.25) is 0 Å². The first-order valence-corrected chi connectivity index (χ1v) is 24.0. The van der Waals surface area contributed by atoms with Crippen molar-refractivity contribution in [3.05, 3.63) is 266 Å². The van der Waals surface area contributed by atoms with Crippen LogP contribution >= 0.6 is 0 Å². The Bertz CT molecular complexity index is 3930. The highest BCUT2D eigenvalue weighted by molar-refractivity contribution is 6.11. The molecule has 0 saturated heterocycles. The quantitative estimate of drug-likeness (QED) is 0.148. The van der Waals surface area contributed by atoms with Gasteiger partial charge in [-0.3, -0.25) is 0 Å². The molecule has 326 valence electrons. The summed E-state index contributed by atoms with van der Waals surface area (Å²) in [6.45, 7) is 4.73. The molecule has 2 nitrogen and oxygen atoms in total. The van der Waals surface area contributed by atoms with Gasteiger partial charge in [-0.25, -0.2) is 0 Å². The third-order valence-corrected chi connectivity index (χ3v) is 14.6. The molecule has 2 heteroatoms. The van der Waals surface area contributed by atoms with Crippen molar-refractivity contribution in [1.29, 1.82) is 0 Å². The Morgan fingerprint density at radius 2 is 0.899 bits per heavy atom. The minimum atomic E-state index is -0.128. The van der Waals surface area contributed by atoms with Gasteiger partial charge in [0.2, 0.25) is 0 Å². The Morgan fingerprint density at radius 3 is 1.71 bits per heavy atom. The minimum absolute atomic E-state index is 0.128.